The number of benzene rings is 1. The van der Waals surface area contributed by atoms with E-state index in [-0.39, 0.29) is 5.91 Å². The number of aromatic nitrogens is 1. The predicted molar refractivity (Wildman–Crippen MR) is 87.8 cm³/mol. The fourth-order valence-corrected chi connectivity index (χ4v) is 3.58. The standard InChI is InChI=1S/C18H23N3O/c22-18(11-13-12-19-17-4-2-1-3-16(13)17)20-14-7-9-21(10-8-14)15-5-6-15/h1-4,12,14-15,19H,5-11H2,(H,20,22). The summed E-state index contributed by atoms with van der Waals surface area (Å²) in [5, 5.41) is 4.38. The van der Waals surface area contributed by atoms with E-state index in [9.17, 15) is 4.79 Å². The molecule has 4 rings (SSSR count). The van der Waals surface area contributed by atoms with Crippen LogP contribution in [0.4, 0.5) is 0 Å². The summed E-state index contributed by atoms with van der Waals surface area (Å²) in [6.45, 7) is 2.28. The molecule has 4 heteroatoms. The van der Waals surface area contributed by atoms with Gasteiger partial charge in [0, 0.05) is 42.3 Å². The van der Waals surface area contributed by atoms with Crippen molar-refractivity contribution in [3.05, 3.63) is 36.0 Å². The van der Waals surface area contributed by atoms with Gasteiger partial charge < -0.3 is 15.2 Å². The highest BCUT2D eigenvalue weighted by Crippen LogP contribution is 2.29. The van der Waals surface area contributed by atoms with Gasteiger partial charge in [0.15, 0.2) is 0 Å². The molecule has 2 fully saturated rings. The molecular weight excluding hydrogens is 274 g/mol. The minimum Gasteiger partial charge on any atom is -0.361 e. The summed E-state index contributed by atoms with van der Waals surface area (Å²) < 4.78 is 0. The van der Waals surface area contributed by atoms with Crippen molar-refractivity contribution in [1.29, 1.82) is 0 Å². The Morgan fingerprint density at radius 1 is 1.18 bits per heavy atom. The van der Waals surface area contributed by atoms with Crippen LogP contribution in [-0.2, 0) is 11.2 Å². The van der Waals surface area contributed by atoms with Crippen molar-refractivity contribution >= 4 is 16.8 Å². The van der Waals surface area contributed by atoms with E-state index < -0.39 is 0 Å². The number of aromatic amines is 1. The Bertz CT molecular complexity index is 666. The molecule has 1 aliphatic carbocycles. The van der Waals surface area contributed by atoms with Gasteiger partial charge in [0.05, 0.1) is 6.42 Å². The van der Waals surface area contributed by atoms with Crippen LogP contribution in [0.25, 0.3) is 10.9 Å². The molecule has 1 saturated carbocycles. The third kappa shape index (κ3) is 2.88. The van der Waals surface area contributed by atoms with Crippen molar-refractivity contribution in [2.75, 3.05) is 13.1 Å². The second-order valence-electron chi connectivity index (χ2n) is 6.65. The van der Waals surface area contributed by atoms with E-state index >= 15 is 0 Å². The Kier molecular flexibility index (Phi) is 3.62. The van der Waals surface area contributed by atoms with Gasteiger partial charge in [-0.05, 0) is 37.3 Å². The zero-order chi connectivity index (χ0) is 14.9. The van der Waals surface area contributed by atoms with E-state index in [0.29, 0.717) is 12.5 Å². The van der Waals surface area contributed by atoms with Gasteiger partial charge in [-0.25, -0.2) is 0 Å². The number of likely N-dealkylation sites (tertiary alicyclic amines) is 1. The lowest BCUT2D eigenvalue weighted by Gasteiger charge is -2.32. The van der Waals surface area contributed by atoms with Gasteiger partial charge in [0.25, 0.3) is 0 Å². The number of nitrogens with zero attached hydrogens (tertiary/aromatic N) is 1. The van der Waals surface area contributed by atoms with Crippen molar-refractivity contribution in [3.63, 3.8) is 0 Å². The second kappa shape index (κ2) is 5.76. The Morgan fingerprint density at radius 2 is 1.95 bits per heavy atom. The number of piperidine rings is 1. The number of fused-ring (bicyclic) bond motifs is 1. The number of nitrogens with one attached hydrogen (secondary N) is 2. The Morgan fingerprint density at radius 3 is 2.73 bits per heavy atom. The number of para-hydroxylation sites is 1. The third-order valence-electron chi connectivity index (χ3n) is 4.98. The first-order valence-corrected chi connectivity index (χ1v) is 8.38. The molecule has 1 saturated heterocycles. The van der Waals surface area contributed by atoms with E-state index in [1.165, 1.54) is 12.8 Å². The summed E-state index contributed by atoms with van der Waals surface area (Å²) in [7, 11) is 0. The molecule has 0 bridgehead atoms. The van der Waals surface area contributed by atoms with Crippen LogP contribution >= 0.6 is 0 Å². The van der Waals surface area contributed by atoms with E-state index in [0.717, 1.165) is 48.4 Å². The molecule has 116 valence electrons. The largest absolute Gasteiger partial charge is 0.361 e. The second-order valence-corrected chi connectivity index (χ2v) is 6.65. The molecular formula is C18H23N3O. The van der Waals surface area contributed by atoms with Crippen molar-refractivity contribution < 1.29 is 4.79 Å². The summed E-state index contributed by atoms with van der Waals surface area (Å²) in [5.41, 5.74) is 2.19. The van der Waals surface area contributed by atoms with E-state index in [1.54, 1.807) is 0 Å². The first-order valence-electron chi connectivity index (χ1n) is 8.38. The molecule has 1 aromatic carbocycles. The lowest BCUT2D eigenvalue weighted by atomic mass is 10.0. The average Bonchev–Trinajstić information content (AvgIpc) is 3.31. The number of rotatable bonds is 4. The van der Waals surface area contributed by atoms with Crippen LogP contribution in [0.3, 0.4) is 0 Å². The molecule has 2 aromatic rings. The molecule has 2 N–H and O–H groups in total. The number of amides is 1. The minimum absolute atomic E-state index is 0.148. The van der Waals surface area contributed by atoms with Crippen LogP contribution in [-0.4, -0.2) is 41.0 Å². The molecule has 2 aliphatic rings. The van der Waals surface area contributed by atoms with Crippen molar-refractivity contribution in [2.24, 2.45) is 0 Å². The van der Waals surface area contributed by atoms with Gasteiger partial charge >= 0.3 is 0 Å². The summed E-state index contributed by atoms with van der Waals surface area (Å²) in [5.74, 6) is 0.148. The topological polar surface area (TPSA) is 48.1 Å². The molecule has 2 heterocycles. The van der Waals surface area contributed by atoms with Crippen molar-refractivity contribution in [3.8, 4) is 0 Å². The first kappa shape index (κ1) is 13.8. The summed E-state index contributed by atoms with van der Waals surface area (Å²) >= 11 is 0. The highest BCUT2D eigenvalue weighted by Gasteiger charge is 2.32. The summed E-state index contributed by atoms with van der Waals surface area (Å²) in [6.07, 6.45) is 7.36. The summed E-state index contributed by atoms with van der Waals surface area (Å²) in [6, 6.07) is 9.35. The van der Waals surface area contributed by atoms with Gasteiger partial charge in [-0.2, -0.15) is 0 Å². The molecule has 4 nitrogen and oxygen atoms in total. The smallest absolute Gasteiger partial charge is 0.224 e. The lowest BCUT2D eigenvalue weighted by molar-refractivity contribution is -0.121. The van der Waals surface area contributed by atoms with E-state index in [2.05, 4.69) is 21.3 Å². The normalized spacial score (nSPS) is 20.4. The molecule has 22 heavy (non-hydrogen) atoms. The van der Waals surface area contributed by atoms with Crippen LogP contribution in [0.5, 0.6) is 0 Å². The van der Waals surface area contributed by atoms with Crippen molar-refractivity contribution in [1.82, 2.24) is 15.2 Å². The van der Waals surface area contributed by atoms with Crippen molar-refractivity contribution in [2.45, 2.75) is 44.2 Å². The third-order valence-corrected chi connectivity index (χ3v) is 4.98. The SMILES string of the molecule is O=C(Cc1c[nH]c2ccccc12)NC1CCN(C2CC2)CC1. The van der Waals surface area contributed by atoms with Crippen LogP contribution in [0.15, 0.2) is 30.5 Å². The lowest BCUT2D eigenvalue weighted by Crippen LogP contribution is -2.45. The number of carbonyl (C=O) groups is 1. The van der Waals surface area contributed by atoms with Crippen LogP contribution in [0, 0.1) is 0 Å². The van der Waals surface area contributed by atoms with Gasteiger partial charge in [0.1, 0.15) is 0 Å². The maximum absolute atomic E-state index is 12.3. The molecule has 0 unspecified atom stereocenters. The quantitative estimate of drug-likeness (QED) is 0.910. The van der Waals surface area contributed by atoms with E-state index in [1.807, 2.05) is 24.4 Å². The fourth-order valence-electron chi connectivity index (χ4n) is 3.58. The Balaban J connectivity index is 1.33. The Hall–Kier alpha value is -1.81. The fraction of sp³-hybridized carbons (Fsp3) is 0.500. The number of hydrogen-bond donors (Lipinski definition) is 2. The highest BCUT2D eigenvalue weighted by molar-refractivity contribution is 5.88. The van der Waals surface area contributed by atoms with Gasteiger partial charge in [-0.3, -0.25) is 4.79 Å². The molecule has 0 radical (unpaired) electrons. The maximum atomic E-state index is 12.3. The number of hydrogen-bond acceptors (Lipinski definition) is 2. The number of H-pyrrole nitrogens is 1. The van der Waals surface area contributed by atoms with Gasteiger partial charge in [-0.1, -0.05) is 18.2 Å². The zero-order valence-electron chi connectivity index (χ0n) is 12.8. The molecule has 0 spiro atoms. The molecule has 1 aromatic heterocycles. The molecule has 0 atom stereocenters. The zero-order valence-corrected chi connectivity index (χ0v) is 12.8. The number of carbonyl (C=O) groups excluding carboxylic acids is 1. The molecule has 1 amide bonds. The molecule has 1 aliphatic heterocycles. The predicted octanol–water partition coefficient (Wildman–Crippen LogP) is 2.45. The van der Waals surface area contributed by atoms with Gasteiger partial charge in [0.2, 0.25) is 5.91 Å². The van der Waals surface area contributed by atoms with Crippen LogP contribution < -0.4 is 5.32 Å². The first-order chi connectivity index (χ1) is 10.8. The van der Waals surface area contributed by atoms with Gasteiger partial charge in [-0.15, -0.1) is 0 Å². The highest BCUT2D eigenvalue weighted by atomic mass is 16.1. The van der Waals surface area contributed by atoms with Crippen LogP contribution in [0.2, 0.25) is 0 Å². The minimum atomic E-state index is 0.148. The summed E-state index contributed by atoms with van der Waals surface area (Å²) in [4.78, 5) is 18.1. The Labute approximate surface area is 130 Å². The van der Waals surface area contributed by atoms with Crippen LogP contribution in [0.1, 0.15) is 31.2 Å². The van der Waals surface area contributed by atoms with E-state index in [4.69, 9.17) is 0 Å². The monoisotopic (exact) mass is 297 g/mol. The maximum Gasteiger partial charge on any atom is 0.224 e. The average molecular weight is 297 g/mol.